The molecule has 1 saturated carbocycles. The Morgan fingerprint density at radius 2 is 1.94 bits per heavy atom. The molecule has 1 amide bonds. The van der Waals surface area contributed by atoms with Crippen LogP contribution in [0.25, 0.3) is 0 Å². The van der Waals surface area contributed by atoms with Crippen LogP contribution in [0.4, 0.5) is 0 Å². The molecule has 0 atom stereocenters. The topological polar surface area (TPSA) is 46.3 Å². The van der Waals surface area contributed by atoms with Crippen molar-refractivity contribution < 1.29 is 4.79 Å². The van der Waals surface area contributed by atoms with E-state index in [2.05, 4.69) is 6.92 Å². The number of amides is 1. The number of rotatable bonds is 5. The van der Waals surface area contributed by atoms with Crippen LogP contribution in [0.1, 0.15) is 52.4 Å². The van der Waals surface area contributed by atoms with E-state index in [1.54, 1.807) is 0 Å². The molecule has 0 saturated heterocycles. The summed E-state index contributed by atoms with van der Waals surface area (Å²) in [5.74, 6) is 0.288. The monoisotopic (exact) mass is 256 g/mol. The molecule has 0 bridgehead atoms. The second-order valence-electron chi connectivity index (χ2n) is 5.22. The van der Waals surface area contributed by atoms with Gasteiger partial charge in [-0.25, -0.2) is 0 Å². The van der Waals surface area contributed by atoms with Gasteiger partial charge >= 0.3 is 0 Å². The van der Waals surface area contributed by atoms with Gasteiger partial charge in [-0.3, -0.25) is 4.79 Å². The van der Waals surface area contributed by atoms with Crippen LogP contribution in [0, 0.1) is 5.41 Å². The van der Waals surface area contributed by atoms with E-state index in [0.29, 0.717) is 18.0 Å². The Morgan fingerprint density at radius 3 is 2.41 bits per heavy atom. The van der Waals surface area contributed by atoms with Crippen molar-refractivity contribution in [2.75, 3.05) is 13.1 Å². The summed E-state index contributed by atoms with van der Waals surface area (Å²) < 4.78 is 0. The molecule has 0 aromatic rings. The Bertz CT molecular complexity index is 285. The molecule has 0 radical (unpaired) electrons. The van der Waals surface area contributed by atoms with E-state index in [1.165, 1.54) is 19.3 Å². The molecule has 2 N–H and O–H groups in total. The Morgan fingerprint density at radius 1 is 1.35 bits per heavy atom. The molecule has 1 aliphatic carbocycles. The number of hydrogen-bond acceptors (Lipinski definition) is 2. The van der Waals surface area contributed by atoms with Gasteiger partial charge < -0.3 is 10.6 Å². The quantitative estimate of drug-likeness (QED) is 0.769. The summed E-state index contributed by atoms with van der Waals surface area (Å²) in [5, 5.41) is 0. The first kappa shape index (κ1) is 14.4. The predicted octanol–water partition coefficient (Wildman–Crippen LogP) is 2.48. The minimum absolute atomic E-state index is 0.148. The maximum Gasteiger partial charge on any atom is 0.228 e. The molecule has 0 aromatic carbocycles. The number of carbonyl (C=O) groups excluding carboxylic acids is 1. The molecule has 4 heteroatoms. The van der Waals surface area contributed by atoms with Crippen molar-refractivity contribution in [1.82, 2.24) is 4.90 Å². The first-order valence-corrected chi connectivity index (χ1v) is 6.98. The highest BCUT2D eigenvalue weighted by molar-refractivity contribution is 7.80. The fraction of sp³-hybridized carbons (Fsp3) is 0.846. The minimum Gasteiger partial charge on any atom is -0.393 e. The maximum absolute atomic E-state index is 12.5. The van der Waals surface area contributed by atoms with Gasteiger partial charge in [0.1, 0.15) is 0 Å². The summed E-state index contributed by atoms with van der Waals surface area (Å²) >= 11 is 4.87. The zero-order chi connectivity index (χ0) is 12.9. The summed E-state index contributed by atoms with van der Waals surface area (Å²) in [7, 11) is 0. The fourth-order valence-corrected chi connectivity index (χ4v) is 2.67. The zero-order valence-electron chi connectivity index (χ0n) is 11.0. The van der Waals surface area contributed by atoms with Gasteiger partial charge in [0.2, 0.25) is 5.91 Å². The van der Waals surface area contributed by atoms with E-state index in [9.17, 15) is 4.79 Å². The summed E-state index contributed by atoms with van der Waals surface area (Å²) in [5.41, 5.74) is 5.35. The van der Waals surface area contributed by atoms with Crippen LogP contribution in [0.5, 0.6) is 0 Å². The summed E-state index contributed by atoms with van der Waals surface area (Å²) in [6.45, 7) is 5.54. The predicted molar refractivity (Wildman–Crippen MR) is 74.8 cm³/mol. The largest absolute Gasteiger partial charge is 0.393 e. The SMILES string of the molecule is CCN(CCC(N)=S)C(=O)C1(C)CCCCC1. The van der Waals surface area contributed by atoms with Crippen LogP contribution in [-0.2, 0) is 4.79 Å². The van der Waals surface area contributed by atoms with Gasteiger partial charge in [-0.05, 0) is 19.8 Å². The molecule has 17 heavy (non-hydrogen) atoms. The molecule has 0 unspecified atom stereocenters. The van der Waals surface area contributed by atoms with Crippen molar-refractivity contribution in [2.24, 2.45) is 11.1 Å². The second kappa shape index (κ2) is 6.34. The first-order chi connectivity index (χ1) is 7.99. The normalized spacial score (nSPS) is 18.7. The van der Waals surface area contributed by atoms with Crippen molar-refractivity contribution in [3.63, 3.8) is 0 Å². The number of thiocarbonyl (C=S) groups is 1. The highest BCUT2D eigenvalue weighted by Crippen LogP contribution is 2.37. The Hall–Kier alpha value is -0.640. The fourth-order valence-electron chi connectivity index (χ4n) is 2.58. The number of nitrogens with two attached hydrogens (primary N) is 1. The average Bonchev–Trinajstić information content (AvgIpc) is 2.30. The van der Waals surface area contributed by atoms with Gasteiger partial charge in [-0.2, -0.15) is 0 Å². The van der Waals surface area contributed by atoms with Gasteiger partial charge in [0, 0.05) is 24.9 Å². The summed E-state index contributed by atoms with van der Waals surface area (Å²) in [4.78, 5) is 14.9. The van der Waals surface area contributed by atoms with Crippen molar-refractivity contribution in [3.05, 3.63) is 0 Å². The smallest absolute Gasteiger partial charge is 0.228 e. The molecular formula is C13H24N2OS. The van der Waals surface area contributed by atoms with Crippen molar-refractivity contribution in [3.8, 4) is 0 Å². The van der Waals surface area contributed by atoms with Crippen LogP contribution in [0.15, 0.2) is 0 Å². The van der Waals surface area contributed by atoms with Gasteiger partial charge in [0.15, 0.2) is 0 Å². The molecule has 0 spiro atoms. The number of hydrogen-bond donors (Lipinski definition) is 1. The van der Waals surface area contributed by atoms with Crippen LogP contribution < -0.4 is 5.73 Å². The van der Waals surface area contributed by atoms with Crippen LogP contribution in [0.2, 0.25) is 0 Å². The van der Waals surface area contributed by atoms with E-state index < -0.39 is 0 Å². The Kier molecular flexibility index (Phi) is 5.37. The minimum atomic E-state index is -0.148. The number of carbonyl (C=O) groups is 1. The summed E-state index contributed by atoms with van der Waals surface area (Å²) in [6, 6.07) is 0. The van der Waals surface area contributed by atoms with Crippen molar-refractivity contribution in [2.45, 2.75) is 52.4 Å². The third-order valence-corrected chi connectivity index (χ3v) is 3.97. The third kappa shape index (κ3) is 3.95. The van der Waals surface area contributed by atoms with E-state index in [4.69, 9.17) is 18.0 Å². The van der Waals surface area contributed by atoms with Crippen LogP contribution in [-0.4, -0.2) is 28.9 Å². The zero-order valence-corrected chi connectivity index (χ0v) is 11.8. The standard InChI is InChI=1S/C13H24N2OS/c1-3-15(10-7-11(14)17)12(16)13(2)8-5-4-6-9-13/h3-10H2,1-2H3,(H2,14,17). The maximum atomic E-state index is 12.5. The lowest BCUT2D eigenvalue weighted by Crippen LogP contribution is -2.44. The van der Waals surface area contributed by atoms with Crippen LogP contribution in [0.3, 0.4) is 0 Å². The second-order valence-corrected chi connectivity index (χ2v) is 5.75. The molecule has 0 aliphatic heterocycles. The molecule has 1 rings (SSSR count). The highest BCUT2D eigenvalue weighted by atomic mass is 32.1. The van der Waals surface area contributed by atoms with E-state index in [0.717, 1.165) is 19.4 Å². The molecule has 0 aromatic heterocycles. The average molecular weight is 256 g/mol. The molecule has 1 fully saturated rings. The van der Waals surface area contributed by atoms with Gasteiger partial charge in [0.25, 0.3) is 0 Å². The lowest BCUT2D eigenvalue weighted by atomic mass is 9.74. The first-order valence-electron chi connectivity index (χ1n) is 6.57. The number of nitrogens with zero attached hydrogens (tertiary/aromatic N) is 1. The molecule has 1 aliphatic rings. The van der Waals surface area contributed by atoms with E-state index in [-0.39, 0.29) is 11.3 Å². The third-order valence-electron chi connectivity index (χ3n) is 3.77. The molecule has 3 nitrogen and oxygen atoms in total. The lowest BCUT2D eigenvalue weighted by molar-refractivity contribution is -0.142. The molecular weight excluding hydrogens is 232 g/mol. The van der Waals surface area contributed by atoms with Gasteiger partial charge in [-0.15, -0.1) is 0 Å². The lowest BCUT2D eigenvalue weighted by Gasteiger charge is -2.36. The highest BCUT2D eigenvalue weighted by Gasteiger charge is 2.36. The Labute approximate surface area is 110 Å². The van der Waals surface area contributed by atoms with E-state index >= 15 is 0 Å². The van der Waals surface area contributed by atoms with E-state index in [1.807, 2.05) is 11.8 Å². The summed E-state index contributed by atoms with van der Waals surface area (Å²) in [6.07, 6.45) is 6.29. The van der Waals surface area contributed by atoms with Gasteiger partial charge in [0.05, 0.1) is 4.99 Å². The molecule has 98 valence electrons. The van der Waals surface area contributed by atoms with Crippen LogP contribution >= 0.6 is 12.2 Å². The van der Waals surface area contributed by atoms with Crippen molar-refractivity contribution in [1.29, 1.82) is 0 Å². The molecule has 0 heterocycles. The van der Waals surface area contributed by atoms with Crippen molar-refractivity contribution >= 4 is 23.1 Å². The van der Waals surface area contributed by atoms with Gasteiger partial charge in [-0.1, -0.05) is 38.4 Å². The Balaban J connectivity index is 2.60.